The third kappa shape index (κ3) is 3.49. The molecule has 88 valence electrons. The molecule has 1 aromatic rings. The molecular formula is C12H17ClN2O. The van der Waals surface area contributed by atoms with E-state index in [1.165, 1.54) is 6.20 Å². The Morgan fingerprint density at radius 1 is 1.44 bits per heavy atom. The van der Waals surface area contributed by atoms with Gasteiger partial charge in [-0.25, -0.2) is 4.98 Å². The van der Waals surface area contributed by atoms with Gasteiger partial charge in [-0.2, -0.15) is 0 Å². The summed E-state index contributed by atoms with van der Waals surface area (Å²) in [6, 6.07) is 3.37. The Balaban J connectivity index is 2.70. The van der Waals surface area contributed by atoms with Crippen molar-refractivity contribution in [3.8, 4) is 0 Å². The highest BCUT2D eigenvalue weighted by atomic mass is 35.5. The lowest BCUT2D eigenvalue weighted by Crippen LogP contribution is -2.41. The van der Waals surface area contributed by atoms with E-state index in [-0.39, 0.29) is 17.4 Å². The number of nitrogens with one attached hydrogen (secondary N) is 1. The molecule has 0 fully saturated rings. The average molecular weight is 241 g/mol. The number of aromatic nitrogens is 1. The number of hydrogen-bond acceptors (Lipinski definition) is 2. The molecule has 4 heteroatoms. The van der Waals surface area contributed by atoms with E-state index in [0.29, 0.717) is 10.7 Å². The summed E-state index contributed by atoms with van der Waals surface area (Å²) >= 11 is 5.65. The van der Waals surface area contributed by atoms with Gasteiger partial charge in [0.25, 0.3) is 5.91 Å². The predicted molar refractivity (Wildman–Crippen MR) is 65.6 cm³/mol. The fourth-order valence-corrected chi connectivity index (χ4v) is 1.12. The van der Waals surface area contributed by atoms with Crippen LogP contribution in [0.25, 0.3) is 0 Å². The Morgan fingerprint density at radius 2 is 2.06 bits per heavy atom. The Labute approximate surface area is 101 Å². The predicted octanol–water partition coefficient (Wildman–Crippen LogP) is 2.90. The highest BCUT2D eigenvalue weighted by Crippen LogP contribution is 2.18. The lowest BCUT2D eigenvalue weighted by molar-refractivity contribution is 0.0910. The number of carbonyl (C=O) groups is 1. The van der Waals surface area contributed by atoms with Gasteiger partial charge in [-0.3, -0.25) is 4.79 Å². The second-order valence-corrected chi connectivity index (χ2v) is 5.32. The van der Waals surface area contributed by atoms with Crippen molar-refractivity contribution in [2.45, 2.75) is 33.7 Å². The number of halogens is 1. The molecule has 1 atom stereocenters. The van der Waals surface area contributed by atoms with Crippen molar-refractivity contribution >= 4 is 17.5 Å². The van der Waals surface area contributed by atoms with E-state index in [9.17, 15) is 4.79 Å². The van der Waals surface area contributed by atoms with Crippen LogP contribution >= 0.6 is 11.6 Å². The van der Waals surface area contributed by atoms with Gasteiger partial charge in [-0.15, -0.1) is 0 Å². The summed E-state index contributed by atoms with van der Waals surface area (Å²) in [7, 11) is 0. The SMILES string of the molecule is C[C@H](NC(=O)c1ccc(Cl)nc1)C(C)(C)C. The monoisotopic (exact) mass is 240 g/mol. The van der Waals surface area contributed by atoms with Gasteiger partial charge in [0.15, 0.2) is 0 Å². The third-order valence-electron chi connectivity index (χ3n) is 2.64. The maximum absolute atomic E-state index is 11.8. The van der Waals surface area contributed by atoms with E-state index < -0.39 is 0 Å². The lowest BCUT2D eigenvalue weighted by atomic mass is 9.88. The van der Waals surface area contributed by atoms with Gasteiger partial charge in [0.1, 0.15) is 5.15 Å². The fourth-order valence-electron chi connectivity index (χ4n) is 1.01. The van der Waals surface area contributed by atoms with Gasteiger partial charge in [-0.05, 0) is 24.5 Å². The van der Waals surface area contributed by atoms with Crippen LogP contribution in [0.4, 0.5) is 0 Å². The summed E-state index contributed by atoms with van der Waals surface area (Å²) in [6.45, 7) is 8.23. The van der Waals surface area contributed by atoms with Crippen LogP contribution < -0.4 is 5.32 Å². The molecular weight excluding hydrogens is 224 g/mol. The topological polar surface area (TPSA) is 42.0 Å². The van der Waals surface area contributed by atoms with Crippen LogP contribution in [0.15, 0.2) is 18.3 Å². The molecule has 0 aliphatic rings. The standard InChI is InChI=1S/C12H17ClN2O/c1-8(12(2,3)4)15-11(16)9-5-6-10(13)14-7-9/h5-8H,1-4H3,(H,15,16)/t8-/m0/s1. The van der Waals surface area contributed by atoms with Crippen molar-refractivity contribution in [2.75, 3.05) is 0 Å². The maximum atomic E-state index is 11.8. The third-order valence-corrected chi connectivity index (χ3v) is 2.86. The molecule has 0 bridgehead atoms. The Bertz CT molecular complexity index is 368. The summed E-state index contributed by atoms with van der Waals surface area (Å²) in [4.78, 5) is 15.7. The minimum atomic E-state index is -0.119. The zero-order valence-electron chi connectivity index (χ0n) is 10.0. The van der Waals surface area contributed by atoms with Crippen molar-refractivity contribution in [3.05, 3.63) is 29.0 Å². The molecule has 1 N–H and O–H groups in total. The molecule has 1 amide bonds. The van der Waals surface area contributed by atoms with E-state index in [4.69, 9.17) is 11.6 Å². The Hall–Kier alpha value is -1.09. The van der Waals surface area contributed by atoms with Crippen LogP contribution in [0.2, 0.25) is 5.15 Å². The number of nitrogens with zero attached hydrogens (tertiary/aromatic N) is 1. The number of amides is 1. The number of carbonyl (C=O) groups excluding carboxylic acids is 1. The van der Waals surface area contributed by atoms with Crippen LogP contribution in [0.1, 0.15) is 38.1 Å². The van der Waals surface area contributed by atoms with Crippen LogP contribution in [0.5, 0.6) is 0 Å². The number of pyridine rings is 1. The first-order valence-electron chi connectivity index (χ1n) is 5.23. The first-order valence-corrected chi connectivity index (χ1v) is 5.61. The van der Waals surface area contributed by atoms with Crippen molar-refractivity contribution in [1.29, 1.82) is 0 Å². The highest BCUT2D eigenvalue weighted by molar-refractivity contribution is 6.29. The largest absolute Gasteiger partial charge is 0.349 e. The van der Waals surface area contributed by atoms with E-state index >= 15 is 0 Å². The number of hydrogen-bond donors (Lipinski definition) is 1. The minimum Gasteiger partial charge on any atom is -0.349 e. The molecule has 0 saturated carbocycles. The second-order valence-electron chi connectivity index (χ2n) is 4.93. The molecule has 0 spiro atoms. The first-order chi connectivity index (χ1) is 7.30. The molecule has 1 aromatic heterocycles. The molecule has 0 aliphatic heterocycles. The van der Waals surface area contributed by atoms with Gasteiger partial charge >= 0.3 is 0 Å². The van der Waals surface area contributed by atoms with Crippen LogP contribution in [-0.4, -0.2) is 16.9 Å². The maximum Gasteiger partial charge on any atom is 0.253 e. The van der Waals surface area contributed by atoms with E-state index in [1.54, 1.807) is 12.1 Å². The molecule has 0 radical (unpaired) electrons. The molecule has 1 heterocycles. The molecule has 0 aliphatic carbocycles. The second kappa shape index (κ2) is 4.83. The van der Waals surface area contributed by atoms with Gasteiger partial charge in [0.05, 0.1) is 5.56 Å². The summed E-state index contributed by atoms with van der Waals surface area (Å²) in [5, 5.41) is 3.32. The van der Waals surface area contributed by atoms with E-state index in [2.05, 4.69) is 31.1 Å². The smallest absolute Gasteiger partial charge is 0.253 e. The summed E-state index contributed by atoms with van der Waals surface area (Å²) in [5.74, 6) is -0.119. The van der Waals surface area contributed by atoms with E-state index in [1.807, 2.05) is 6.92 Å². The number of rotatable bonds is 2. The molecule has 1 rings (SSSR count). The zero-order valence-corrected chi connectivity index (χ0v) is 10.8. The van der Waals surface area contributed by atoms with Crippen molar-refractivity contribution in [3.63, 3.8) is 0 Å². The highest BCUT2D eigenvalue weighted by Gasteiger charge is 2.22. The molecule has 0 unspecified atom stereocenters. The zero-order chi connectivity index (χ0) is 12.3. The fraction of sp³-hybridized carbons (Fsp3) is 0.500. The molecule has 0 aromatic carbocycles. The molecule has 16 heavy (non-hydrogen) atoms. The van der Waals surface area contributed by atoms with Gasteiger partial charge in [0.2, 0.25) is 0 Å². The molecule has 0 saturated heterocycles. The summed E-state index contributed by atoms with van der Waals surface area (Å²) < 4.78 is 0. The minimum absolute atomic E-state index is 0.0372. The van der Waals surface area contributed by atoms with Crippen LogP contribution in [-0.2, 0) is 0 Å². The van der Waals surface area contributed by atoms with Crippen LogP contribution in [0, 0.1) is 5.41 Å². The normalized spacial score (nSPS) is 13.3. The first kappa shape index (κ1) is 13.0. The van der Waals surface area contributed by atoms with Gasteiger partial charge in [0, 0.05) is 12.2 Å². The van der Waals surface area contributed by atoms with Gasteiger partial charge < -0.3 is 5.32 Å². The van der Waals surface area contributed by atoms with Crippen LogP contribution in [0.3, 0.4) is 0 Å². The Morgan fingerprint density at radius 3 is 2.50 bits per heavy atom. The van der Waals surface area contributed by atoms with Crippen molar-refractivity contribution in [1.82, 2.24) is 10.3 Å². The summed E-state index contributed by atoms with van der Waals surface area (Å²) in [5.41, 5.74) is 0.565. The molecule has 3 nitrogen and oxygen atoms in total. The summed E-state index contributed by atoms with van der Waals surface area (Å²) in [6.07, 6.45) is 1.48. The van der Waals surface area contributed by atoms with Crippen molar-refractivity contribution in [2.24, 2.45) is 5.41 Å². The van der Waals surface area contributed by atoms with E-state index in [0.717, 1.165) is 0 Å². The van der Waals surface area contributed by atoms with Gasteiger partial charge in [-0.1, -0.05) is 32.4 Å². The lowest BCUT2D eigenvalue weighted by Gasteiger charge is -2.28. The van der Waals surface area contributed by atoms with Crippen molar-refractivity contribution < 1.29 is 4.79 Å². The Kier molecular flexibility index (Phi) is 3.92. The average Bonchev–Trinajstić information content (AvgIpc) is 2.17. The quantitative estimate of drug-likeness (QED) is 0.808.